The number of nitro benzene ring substituents is 1. The zero-order chi connectivity index (χ0) is 26.7. The van der Waals surface area contributed by atoms with Crippen LogP contribution >= 0.6 is 12.2 Å². The Morgan fingerprint density at radius 2 is 1.89 bits per heavy atom. The molecular formula is C21H20F2N7O5S2+. The molecule has 1 atom stereocenters. The van der Waals surface area contributed by atoms with Gasteiger partial charge in [0.05, 0.1) is 23.4 Å². The molecule has 0 radical (unpaired) electrons. The zero-order valence-electron chi connectivity index (χ0n) is 19.0. The molecule has 2 heterocycles. The number of rotatable bonds is 8. The Balaban J connectivity index is 1.47. The molecular weight excluding hydrogens is 532 g/mol. The number of piperazine rings is 1. The first kappa shape index (κ1) is 26.2. The Hall–Kier alpha value is -3.89. The van der Waals surface area contributed by atoms with Gasteiger partial charge in [-0.05, 0) is 6.07 Å². The lowest BCUT2D eigenvalue weighted by Crippen LogP contribution is -2.49. The minimum absolute atomic E-state index is 0.0132. The summed E-state index contributed by atoms with van der Waals surface area (Å²) in [4.78, 5) is 22.2. The molecule has 3 aromatic rings. The van der Waals surface area contributed by atoms with Crippen molar-refractivity contribution in [1.82, 2.24) is 24.6 Å². The van der Waals surface area contributed by atoms with Gasteiger partial charge in [0.25, 0.3) is 5.69 Å². The molecule has 1 aliphatic rings. The summed E-state index contributed by atoms with van der Waals surface area (Å²) < 4.78 is 56.1. The molecule has 16 heteroatoms. The Morgan fingerprint density at radius 1 is 1.22 bits per heavy atom. The molecule has 0 saturated carbocycles. The molecule has 1 unspecified atom stereocenters. The molecule has 1 saturated heterocycles. The van der Waals surface area contributed by atoms with Crippen LogP contribution in [0.25, 0.3) is 5.69 Å². The van der Waals surface area contributed by atoms with Crippen LogP contribution < -0.4 is 10.2 Å². The van der Waals surface area contributed by atoms with Gasteiger partial charge in [-0.2, -0.15) is 8.51 Å². The van der Waals surface area contributed by atoms with E-state index >= 15 is 8.78 Å². The number of carbonyl (C=O) groups is 1. The molecule has 4 rings (SSSR count). The highest BCUT2D eigenvalue weighted by Gasteiger charge is 2.35. The topological polar surface area (TPSA) is 148 Å². The van der Waals surface area contributed by atoms with E-state index in [-0.39, 0.29) is 59.7 Å². The highest BCUT2D eigenvalue weighted by molar-refractivity contribution is 7.89. The number of aromatic nitrogens is 3. The van der Waals surface area contributed by atoms with Crippen molar-refractivity contribution in [3.8, 4) is 5.69 Å². The molecule has 0 aliphatic carbocycles. The minimum Gasteiger partial charge on any atom is -0.368 e. The first-order chi connectivity index (χ1) is 17.6. The summed E-state index contributed by atoms with van der Waals surface area (Å²) in [6.07, 6.45) is 1.90. The zero-order valence-corrected chi connectivity index (χ0v) is 20.6. The maximum absolute atomic E-state index is 15.0. The molecule has 0 amide bonds. The fraction of sp³-hybridized carbons (Fsp3) is 0.238. The van der Waals surface area contributed by atoms with E-state index < -0.39 is 26.6 Å². The van der Waals surface area contributed by atoms with Crippen molar-refractivity contribution in [2.24, 2.45) is 0 Å². The second-order valence-corrected chi connectivity index (χ2v) is 10.3. The van der Waals surface area contributed by atoms with Crippen molar-refractivity contribution in [2.45, 2.75) is 11.4 Å². The Kier molecular flexibility index (Phi) is 7.51. The van der Waals surface area contributed by atoms with Gasteiger partial charge in [0, 0.05) is 50.4 Å². The van der Waals surface area contributed by atoms with Crippen LogP contribution in [0.5, 0.6) is 0 Å². The lowest BCUT2D eigenvalue weighted by molar-refractivity contribution is -0.385. The van der Waals surface area contributed by atoms with Crippen molar-refractivity contribution in [2.75, 3.05) is 31.1 Å². The lowest BCUT2D eigenvalue weighted by atomic mass is 10.2. The number of benzene rings is 2. The third-order valence-corrected chi connectivity index (χ3v) is 7.77. The van der Waals surface area contributed by atoms with Crippen molar-refractivity contribution in [3.63, 3.8) is 0 Å². The molecule has 37 heavy (non-hydrogen) atoms. The molecule has 2 aromatic carbocycles. The van der Waals surface area contributed by atoms with E-state index in [1.54, 1.807) is 0 Å². The maximum atomic E-state index is 15.0. The van der Waals surface area contributed by atoms with Gasteiger partial charge in [0.2, 0.25) is 0 Å². The van der Waals surface area contributed by atoms with E-state index in [9.17, 15) is 23.3 Å². The minimum atomic E-state index is -3.78. The molecule has 12 nitrogen and oxygen atoms in total. The van der Waals surface area contributed by atoms with Crippen LogP contribution in [0.4, 0.5) is 20.2 Å². The summed E-state index contributed by atoms with van der Waals surface area (Å²) in [6, 6.07) is 7.07. The average molecular weight is 553 g/mol. The van der Waals surface area contributed by atoms with Gasteiger partial charge in [-0.15, -0.1) is 5.10 Å². The predicted molar refractivity (Wildman–Crippen MR) is 132 cm³/mol. The van der Waals surface area contributed by atoms with Crippen LogP contribution in [0.2, 0.25) is 0 Å². The Morgan fingerprint density at radius 3 is 2.51 bits per heavy atom. The van der Waals surface area contributed by atoms with Crippen LogP contribution in [0.1, 0.15) is 5.69 Å². The van der Waals surface area contributed by atoms with Gasteiger partial charge in [-0.3, -0.25) is 14.9 Å². The SMILES string of the molecule is O=CC(=S)NCc1cn(-c2cc(F)c(N3CCN(S(=O)(=[OH+])c4cccc([N+](=O)[O-])c4)CC3)c(F)c2)nn1. The molecule has 194 valence electrons. The predicted octanol–water partition coefficient (Wildman–Crippen LogP) is 1.74. The highest BCUT2D eigenvalue weighted by Crippen LogP contribution is 2.29. The standard InChI is InChI=1S/C21H19F2N7O5S2/c22-18-9-16(29-12-14(25-26-29)11-24-20(36)13-31)10-19(23)21(18)27-4-6-28(7-5-27)37(34,35)17-3-1-2-15(8-17)30(32)33/h1-3,8-10,12-13H,4-7,11H2,(H,24,36)/p+1. The van der Waals surface area contributed by atoms with Crippen LogP contribution in [0.15, 0.2) is 47.5 Å². The van der Waals surface area contributed by atoms with Gasteiger partial charge in [0.15, 0.2) is 17.9 Å². The summed E-state index contributed by atoms with van der Waals surface area (Å²) in [7, 11) is -3.78. The van der Waals surface area contributed by atoms with Crippen LogP contribution in [-0.4, -0.2) is 70.1 Å². The van der Waals surface area contributed by atoms with Gasteiger partial charge < -0.3 is 10.2 Å². The average Bonchev–Trinajstić information content (AvgIpc) is 3.36. The van der Waals surface area contributed by atoms with E-state index in [1.807, 2.05) is 0 Å². The maximum Gasteiger partial charge on any atom is 0.376 e. The number of nitrogens with zero attached hydrogens (tertiary/aromatic N) is 6. The number of aldehydes is 1. The van der Waals surface area contributed by atoms with Crippen LogP contribution in [-0.2, 0) is 21.4 Å². The second-order valence-electron chi connectivity index (χ2n) is 7.92. The molecule has 1 fully saturated rings. The monoisotopic (exact) mass is 552 g/mol. The van der Waals surface area contributed by atoms with Crippen LogP contribution in [0, 0.1) is 21.7 Å². The number of anilines is 1. The van der Waals surface area contributed by atoms with Crippen molar-refractivity contribution in [3.05, 3.63) is 70.0 Å². The summed E-state index contributed by atoms with van der Waals surface area (Å²) in [5.41, 5.74) is -0.136. The number of nitrogens with one attached hydrogen (secondary N) is 1. The normalized spacial score (nSPS) is 15.7. The van der Waals surface area contributed by atoms with Gasteiger partial charge in [-0.25, -0.2) is 17.7 Å². The summed E-state index contributed by atoms with van der Waals surface area (Å²) in [5, 5.41) is 21.4. The molecule has 1 aromatic heterocycles. The number of halogens is 2. The number of nitro groups is 1. The van der Waals surface area contributed by atoms with Crippen LogP contribution in [0.3, 0.4) is 0 Å². The fourth-order valence-corrected chi connectivity index (χ4v) is 5.34. The Labute approximate surface area is 214 Å². The molecule has 1 aliphatic heterocycles. The summed E-state index contributed by atoms with van der Waals surface area (Å²) in [5.74, 6) is -1.71. The third-order valence-electron chi connectivity index (χ3n) is 5.60. The van der Waals surface area contributed by atoms with E-state index in [0.29, 0.717) is 12.0 Å². The Bertz CT molecular complexity index is 1450. The van der Waals surface area contributed by atoms with Crippen molar-refractivity contribution in [1.29, 1.82) is 0 Å². The van der Waals surface area contributed by atoms with E-state index in [2.05, 4.69) is 15.6 Å². The summed E-state index contributed by atoms with van der Waals surface area (Å²) >= 11 is 4.74. The number of non-ortho nitro benzene ring substituents is 1. The number of thiocarbonyl (C=S) groups is 1. The van der Waals surface area contributed by atoms with E-state index in [4.69, 9.17) is 12.2 Å². The largest absolute Gasteiger partial charge is 0.376 e. The first-order valence-electron chi connectivity index (χ1n) is 10.7. The second kappa shape index (κ2) is 10.6. The van der Waals surface area contributed by atoms with Gasteiger partial charge in [-0.1, -0.05) is 23.5 Å². The molecule has 2 N–H and O–H groups in total. The highest BCUT2D eigenvalue weighted by atomic mass is 32.2. The van der Waals surface area contributed by atoms with E-state index in [0.717, 1.165) is 18.2 Å². The quantitative estimate of drug-likeness (QED) is 0.145. The molecule has 0 spiro atoms. The summed E-state index contributed by atoms with van der Waals surface area (Å²) in [6.45, 7) is 0.154. The first-order valence-corrected chi connectivity index (χ1v) is 12.6. The van der Waals surface area contributed by atoms with Gasteiger partial charge in [0.1, 0.15) is 21.3 Å². The van der Waals surface area contributed by atoms with E-state index in [1.165, 1.54) is 38.3 Å². The third kappa shape index (κ3) is 5.60. The van der Waals surface area contributed by atoms with Gasteiger partial charge >= 0.3 is 10.0 Å². The number of hydrogen-bond acceptors (Lipinski definition) is 8. The fourth-order valence-electron chi connectivity index (χ4n) is 3.78. The smallest absolute Gasteiger partial charge is 0.368 e. The number of carbonyl (C=O) groups excluding carboxylic acids is 1. The number of hydrogen-bond donors (Lipinski definition) is 1. The van der Waals surface area contributed by atoms with Crippen molar-refractivity contribution >= 4 is 44.9 Å². The molecule has 0 bridgehead atoms. The van der Waals surface area contributed by atoms with Crippen molar-refractivity contribution < 1.29 is 26.9 Å². The lowest BCUT2D eigenvalue weighted by Gasteiger charge is -2.34.